The van der Waals surface area contributed by atoms with Gasteiger partial charge in [0.15, 0.2) is 0 Å². The number of nitrogens with zero attached hydrogens (tertiary/aromatic N) is 1. The lowest BCUT2D eigenvalue weighted by molar-refractivity contribution is 0.0827. The highest BCUT2D eigenvalue weighted by atomic mass is 16.5. The van der Waals surface area contributed by atoms with Crippen molar-refractivity contribution in [2.45, 2.75) is 6.61 Å². The van der Waals surface area contributed by atoms with Gasteiger partial charge in [-0.15, -0.1) is 0 Å². The number of amides is 2. The number of hydrogen-bond donors (Lipinski definition) is 1. The fourth-order valence-electron chi connectivity index (χ4n) is 2.63. The fourth-order valence-corrected chi connectivity index (χ4v) is 2.63. The minimum Gasteiger partial charge on any atom is -0.489 e. The van der Waals surface area contributed by atoms with Gasteiger partial charge in [0.25, 0.3) is 11.8 Å². The molecule has 0 spiro atoms. The molecule has 0 unspecified atom stereocenters. The lowest BCUT2D eigenvalue weighted by atomic mass is 10.1. The zero-order valence-electron chi connectivity index (χ0n) is 15.9. The number of hydrogen-bond acceptors (Lipinski definition) is 3. The second kappa shape index (κ2) is 8.86. The van der Waals surface area contributed by atoms with Crippen LogP contribution >= 0.6 is 0 Å². The van der Waals surface area contributed by atoms with Gasteiger partial charge >= 0.3 is 0 Å². The molecule has 0 heterocycles. The molecule has 0 aromatic heterocycles. The van der Waals surface area contributed by atoms with Crippen molar-refractivity contribution in [2.75, 3.05) is 19.4 Å². The topological polar surface area (TPSA) is 58.6 Å². The number of ether oxygens (including phenoxy) is 1. The van der Waals surface area contributed by atoms with E-state index in [-0.39, 0.29) is 11.8 Å². The number of anilines is 1. The van der Waals surface area contributed by atoms with Crippen LogP contribution in [0.2, 0.25) is 0 Å². The maximum atomic E-state index is 12.5. The molecule has 3 aromatic carbocycles. The van der Waals surface area contributed by atoms with Crippen molar-refractivity contribution in [3.05, 3.63) is 95.6 Å². The Morgan fingerprint density at radius 1 is 0.857 bits per heavy atom. The van der Waals surface area contributed by atoms with Crippen molar-refractivity contribution < 1.29 is 14.3 Å². The molecule has 0 aliphatic carbocycles. The summed E-state index contributed by atoms with van der Waals surface area (Å²) in [6.45, 7) is 0.471. The molecule has 0 radical (unpaired) electrons. The summed E-state index contributed by atoms with van der Waals surface area (Å²) in [7, 11) is 3.38. The maximum Gasteiger partial charge on any atom is 0.255 e. The number of nitrogens with one attached hydrogen (secondary N) is 1. The monoisotopic (exact) mass is 374 g/mol. The van der Waals surface area contributed by atoms with Gasteiger partial charge in [-0.2, -0.15) is 0 Å². The van der Waals surface area contributed by atoms with Crippen LogP contribution in [0.15, 0.2) is 78.9 Å². The van der Waals surface area contributed by atoms with Crippen molar-refractivity contribution in [3.63, 3.8) is 0 Å². The van der Waals surface area contributed by atoms with Gasteiger partial charge in [0.05, 0.1) is 0 Å². The first-order chi connectivity index (χ1) is 13.5. The van der Waals surface area contributed by atoms with Crippen LogP contribution in [0.1, 0.15) is 26.3 Å². The van der Waals surface area contributed by atoms with Crippen LogP contribution in [0.5, 0.6) is 5.75 Å². The second-order valence-corrected chi connectivity index (χ2v) is 6.53. The Hall–Kier alpha value is -3.60. The molecule has 3 aromatic rings. The smallest absolute Gasteiger partial charge is 0.255 e. The standard InChI is InChI=1S/C23H22N2O3/c1-25(2)23(27)19-9-6-10-20(15-19)24-22(26)18-11-13-21(14-12-18)28-16-17-7-4-3-5-8-17/h3-15H,16H2,1-2H3,(H,24,26). The lowest BCUT2D eigenvalue weighted by Gasteiger charge is -2.12. The van der Waals surface area contributed by atoms with E-state index >= 15 is 0 Å². The minimum absolute atomic E-state index is 0.115. The quantitative estimate of drug-likeness (QED) is 0.703. The molecule has 0 aliphatic rings. The van der Waals surface area contributed by atoms with Crippen molar-refractivity contribution >= 4 is 17.5 Å². The molecule has 0 bridgehead atoms. The van der Waals surface area contributed by atoms with E-state index in [2.05, 4.69) is 5.32 Å². The van der Waals surface area contributed by atoms with E-state index < -0.39 is 0 Å². The highest BCUT2D eigenvalue weighted by Gasteiger charge is 2.11. The van der Waals surface area contributed by atoms with Crippen LogP contribution in [0.3, 0.4) is 0 Å². The van der Waals surface area contributed by atoms with E-state index in [0.717, 1.165) is 5.56 Å². The third kappa shape index (κ3) is 4.98. The molecule has 5 nitrogen and oxygen atoms in total. The highest BCUT2D eigenvalue weighted by Crippen LogP contribution is 2.17. The zero-order chi connectivity index (χ0) is 19.9. The summed E-state index contributed by atoms with van der Waals surface area (Å²) in [6, 6.07) is 23.7. The highest BCUT2D eigenvalue weighted by molar-refractivity contribution is 6.05. The molecule has 0 saturated carbocycles. The minimum atomic E-state index is -0.246. The number of rotatable bonds is 6. The molecule has 0 aliphatic heterocycles. The third-order valence-corrected chi connectivity index (χ3v) is 4.14. The van der Waals surface area contributed by atoms with Gasteiger partial charge in [-0.1, -0.05) is 36.4 Å². The van der Waals surface area contributed by atoms with Gasteiger partial charge in [0.1, 0.15) is 12.4 Å². The van der Waals surface area contributed by atoms with E-state index in [1.165, 1.54) is 4.90 Å². The van der Waals surface area contributed by atoms with E-state index in [1.54, 1.807) is 62.6 Å². The van der Waals surface area contributed by atoms with Crippen LogP contribution in [0.4, 0.5) is 5.69 Å². The molecular formula is C23H22N2O3. The molecule has 3 rings (SSSR count). The first kappa shape index (κ1) is 19.2. The van der Waals surface area contributed by atoms with E-state index in [1.807, 2.05) is 30.3 Å². The zero-order valence-corrected chi connectivity index (χ0v) is 15.9. The van der Waals surface area contributed by atoms with Crippen molar-refractivity contribution in [3.8, 4) is 5.75 Å². The lowest BCUT2D eigenvalue weighted by Crippen LogP contribution is -2.21. The van der Waals surface area contributed by atoms with E-state index in [9.17, 15) is 9.59 Å². The second-order valence-electron chi connectivity index (χ2n) is 6.53. The summed E-state index contributed by atoms with van der Waals surface area (Å²) in [5.41, 5.74) is 2.68. The summed E-state index contributed by atoms with van der Waals surface area (Å²) >= 11 is 0. The largest absolute Gasteiger partial charge is 0.489 e. The molecule has 2 amide bonds. The summed E-state index contributed by atoms with van der Waals surface area (Å²) in [4.78, 5) is 26.0. The number of carbonyl (C=O) groups excluding carboxylic acids is 2. The summed E-state index contributed by atoms with van der Waals surface area (Å²) in [5, 5.41) is 2.82. The predicted octanol–water partition coefficient (Wildman–Crippen LogP) is 4.22. The fraction of sp³-hybridized carbons (Fsp3) is 0.130. The normalized spacial score (nSPS) is 10.2. The Balaban J connectivity index is 1.62. The molecule has 5 heteroatoms. The molecule has 0 saturated heterocycles. The first-order valence-electron chi connectivity index (χ1n) is 8.93. The van der Waals surface area contributed by atoms with Gasteiger partial charge in [-0.3, -0.25) is 9.59 Å². The summed E-state index contributed by atoms with van der Waals surface area (Å²) in [6.07, 6.45) is 0. The Bertz CT molecular complexity index is 951. The SMILES string of the molecule is CN(C)C(=O)c1cccc(NC(=O)c2ccc(OCc3ccccc3)cc2)c1. The summed E-state index contributed by atoms with van der Waals surface area (Å²) < 4.78 is 5.74. The van der Waals surface area contributed by atoms with E-state index in [0.29, 0.717) is 29.2 Å². The Labute approximate surface area is 164 Å². The first-order valence-corrected chi connectivity index (χ1v) is 8.93. The predicted molar refractivity (Wildman–Crippen MR) is 110 cm³/mol. The Kier molecular flexibility index (Phi) is 6.07. The van der Waals surface area contributed by atoms with Gasteiger partial charge in [0, 0.05) is 30.9 Å². The van der Waals surface area contributed by atoms with Crippen molar-refractivity contribution in [1.29, 1.82) is 0 Å². The third-order valence-electron chi connectivity index (χ3n) is 4.14. The van der Waals surface area contributed by atoms with Crippen molar-refractivity contribution in [2.24, 2.45) is 0 Å². The van der Waals surface area contributed by atoms with Crippen LogP contribution < -0.4 is 10.1 Å². The number of carbonyl (C=O) groups is 2. The van der Waals surface area contributed by atoms with Gasteiger partial charge in [0.2, 0.25) is 0 Å². The van der Waals surface area contributed by atoms with E-state index in [4.69, 9.17) is 4.74 Å². The average Bonchev–Trinajstić information content (AvgIpc) is 2.73. The molecule has 142 valence electrons. The van der Waals surface area contributed by atoms with Crippen LogP contribution in [-0.4, -0.2) is 30.8 Å². The van der Waals surface area contributed by atoms with Crippen LogP contribution in [-0.2, 0) is 6.61 Å². The van der Waals surface area contributed by atoms with Crippen LogP contribution in [0.25, 0.3) is 0 Å². The number of benzene rings is 3. The van der Waals surface area contributed by atoms with Gasteiger partial charge in [-0.25, -0.2) is 0 Å². The molecule has 0 fully saturated rings. The maximum absolute atomic E-state index is 12.5. The van der Waals surface area contributed by atoms with Gasteiger partial charge < -0.3 is 15.0 Å². The van der Waals surface area contributed by atoms with Crippen LogP contribution in [0, 0.1) is 0 Å². The molecule has 1 N–H and O–H groups in total. The Morgan fingerprint density at radius 2 is 1.57 bits per heavy atom. The summed E-state index contributed by atoms with van der Waals surface area (Å²) in [5.74, 6) is 0.332. The molecular weight excluding hydrogens is 352 g/mol. The van der Waals surface area contributed by atoms with Crippen molar-refractivity contribution in [1.82, 2.24) is 4.90 Å². The molecule has 0 atom stereocenters. The Morgan fingerprint density at radius 3 is 2.25 bits per heavy atom. The average molecular weight is 374 g/mol. The molecule has 28 heavy (non-hydrogen) atoms. The van der Waals surface area contributed by atoms with Gasteiger partial charge in [-0.05, 0) is 48.0 Å².